The summed E-state index contributed by atoms with van der Waals surface area (Å²) in [5, 5.41) is 0. The molecule has 0 fully saturated rings. The second kappa shape index (κ2) is 7.74. The lowest BCUT2D eigenvalue weighted by Gasteiger charge is -2.17. The number of allylic oxidation sites excluding steroid dienone is 2. The van der Waals surface area contributed by atoms with Gasteiger partial charge in [0.25, 0.3) is 0 Å². The van der Waals surface area contributed by atoms with E-state index in [4.69, 9.17) is 9.47 Å². The molecule has 0 spiro atoms. The fourth-order valence-corrected chi connectivity index (χ4v) is 3.11. The van der Waals surface area contributed by atoms with Crippen LogP contribution in [-0.2, 0) is 12.4 Å². The van der Waals surface area contributed by atoms with Crippen LogP contribution in [0.4, 0.5) is 26.3 Å². The fraction of sp³-hybridized carbons (Fsp3) is 0.227. The van der Waals surface area contributed by atoms with E-state index in [1.165, 1.54) is 43.3 Å². The average Bonchev–Trinajstić information content (AvgIpc) is 2.85. The van der Waals surface area contributed by atoms with Gasteiger partial charge >= 0.3 is 12.4 Å². The number of rotatable bonds is 4. The maximum Gasteiger partial charge on any atom is 0.419 e. The minimum Gasteiger partial charge on any atom is -0.460 e. The largest absolute Gasteiger partial charge is 0.460 e. The lowest BCUT2D eigenvalue weighted by atomic mass is 10.1. The third kappa shape index (κ3) is 4.17. The molecule has 0 saturated heterocycles. The number of halogens is 6. The maximum absolute atomic E-state index is 13.3. The molecule has 0 N–H and O–H groups in total. The van der Waals surface area contributed by atoms with E-state index in [1.54, 1.807) is 13.8 Å². The van der Waals surface area contributed by atoms with Crippen LogP contribution in [0.2, 0.25) is 0 Å². The predicted molar refractivity (Wildman–Crippen MR) is 98.5 cm³/mol. The first-order valence-corrected chi connectivity index (χ1v) is 8.86. The summed E-state index contributed by atoms with van der Waals surface area (Å²) in [5.74, 6) is -0.0942. The molecule has 8 heteroatoms. The number of hydrogen-bond acceptors (Lipinski definition) is 2. The van der Waals surface area contributed by atoms with Gasteiger partial charge in [-0.05, 0) is 50.6 Å². The summed E-state index contributed by atoms with van der Waals surface area (Å²) < 4.78 is 90.8. The van der Waals surface area contributed by atoms with Crippen LogP contribution in [-0.4, -0.2) is 0 Å². The Hall–Kier alpha value is -2.90. The number of hydrogen-bond donors (Lipinski definition) is 0. The van der Waals surface area contributed by atoms with Crippen molar-refractivity contribution in [3.05, 3.63) is 88.2 Å². The van der Waals surface area contributed by atoms with Gasteiger partial charge in [-0.25, -0.2) is 0 Å². The maximum atomic E-state index is 13.3. The van der Waals surface area contributed by atoms with Crippen LogP contribution in [0.1, 0.15) is 31.9 Å². The van der Waals surface area contributed by atoms with Crippen molar-refractivity contribution in [3.8, 4) is 11.5 Å². The van der Waals surface area contributed by atoms with E-state index in [2.05, 4.69) is 0 Å². The molecule has 1 aliphatic rings. The molecule has 0 aromatic heterocycles. The minimum atomic E-state index is -4.62. The Kier molecular flexibility index (Phi) is 5.62. The van der Waals surface area contributed by atoms with E-state index in [9.17, 15) is 26.3 Å². The van der Waals surface area contributed by atoms with Crippen molar-refractivity contribution in [3.63, 3.8) is 0 Å². The molecule has 30 heavy (non-hydrogen) atoms. The number of para-hydroxylation sites is 2. The van der Waals surface area contributed by atoms with E-state index in [0.717, 1.165) is 12.1 Å². The number of ether oxygens (including phenoxy) is 2. The highest BCUT2D eigenvalue weighted by Crippen LogP contribution is 2.44. The molecule has 0 heterocycles. The zero-order chi connectivity index (χ0) is 22.3. The molecule has 159 valence electrons. The highest BCUT2D eigenvalue weighted by Gasteiger charge is 2.38. The molecule has 0 aliphatic heterocycles. The topological polar surface area (TPSA) is 18.5 Å². The van der Waals surface area contributed by atoms with Gasteiger partial charge in [-0.15, -0.1) is 0 Å². The molecule has 2 aromatic rings. The summed E-state index contributed by atoms with van der Waals surface area (Å²) in [6.45, 7) is 4.74. The number of alkyl halides is 6. The second-order valence-corrected chi connectivity index (χ2v) is 6.73. The molecule has 0 amide bonds. The normalized spacial score (nSPS) is 15.8. The van der Waals surface area contributed by atoms with Gasteiger partial charge in [-0.3, -0.25) is 0 Å². The Labute approximate surface area is 169 Å². The third-order valence-electron chi connectivity index (χ3n) is 4.73. The van der Waals surface area contributed by atoms with Gasteiger partial charge in [0.15, 0.2) is 0 Å². The van der Waals surface area contributed by atoms with Crippen LogP contribution in [0.25, 0.3) is 0 Å². The highest BCUT2D eigenvalue weighted by atomic mass is 19.4. The Bertz CT molecular complexity index is 1010. The quantitative estimate of drug-likeness (QED) is 0.476. The molecular weight excluding hydrogens is 410 g/mol. The first kappa shape index (κ1) is 21.8. The molecule has 0 bridgehead atoms. The minimum absolute atomic E-state index is 0.115. The summed E-state index contributed by atoms with van der Waals surface area (Å²) >= 11 is 0. The molecule has 1 radical (unpaired) electrons. The van der Waals surface area contributed by atoms with Crippen molar-refractivity contribution >= 4 is 0 Å². The second-order valence-electron chi connectivity index (χ2n) is 6.73. The number of benzene rings is 2. The van der Waals surface area contributed by atoms with Gasteiger partial charge in [-0.2, -0.15) is 26.3 Å². The summed E-state index contributed by atoms with van der Waals surface area (Å²) in [6.07, 6.45) is -9.24. The van der Waals surface area contributed by atoms with Crippen molar-refractivity contribution in [2.75, 3.05) is 0 Å². The van der Waals surface area contributed by atoms with Gasteiger partial charge in [0, 0.05) is 5.57 Å². The molecule has 0 unspecified atom stereocenters. The standard InChI is InChI=1S/C22H17F6O2/c1-12-13(2)20(30-18-11-7-5-9-16(18)22(26,27)28)14(3)19(12)29-17-10-6-4-8-15(17)21(23,24)25/h4-11H,1-3H3. The van der Waals surface area contributed by atoms with E-state index in [0.29, 0.717) is 17.1 Å². The molecule has 0 saturated carbocycles. The van der Waals surface area contributed by atoms with E-state index >= 15 is 0 Å². The van der Waals surface area contributed by atoms with Gasteiger partial charge in [-0.1, -0.05) is 24.3 Å². The van der Waals surface area contributed by atoms with E-state index < -0.39 is 35.0 Å². The van der Waals surface area contributed by atoms with Crippen LogP contribution in [0.3, 0.4) is 0 Å². The van der Waals surface area contributed by atoms with Crippen LogP contribution in [0.5, 0.6) is 11.5 Å². The summed E-state index contributed by atoms with van der Waals surface area (Å²) in [6, 6.07) is 9.46. The Morgan fingerprint density at radius 3 is 1.40 bits per heavy atom. The van der Waals surface area contributed by atoms with Gasteiger partial charge in [0.05, 0.1) is 17.0 Å². The highest BCUT2D eigenvalue weighted by molar-refractivity contribution is 5.56. The van der Waals surface area contributed by atoms with Gasteiger partial charge in [0.1, 0.15) is 23.0 Å². The molecule has 2 nitrogen and oxygen atoms in total. The van der Waals surface area contributed by atoms with Crippen molar-refractivity contribution in [1.82, 2.24) is 0 Å². The van der Waals surface area contributed by atoms with Crippen LogP contribution in [0, 0.1) is 5.92 Å². The SMILES string of the molecule is C[C]1C(C)=C(Oc2ccccc2C(F)(F)F)C(C)=C1Oc1ccccc1C(F)(F)F. The molecule has 1 aliphatic carbocycles. The van der Waals surface area contributed by atoms with Gasteiger partial charge < -0.3 is 9.47 Å². The van der Waals surface area contributed by atoms with E-state index in [1.807, 2.05) is 0 Å². The smallest absolute Gasteiger partial charge is 0.419 e. The van der Waals surface area contributed by atoms with Crippen molar-refractivity contribution in [2.45, 2.75) is 33.1 Å². The zero-order valence-electron chi connectivity index (χ0n) is 16.2. The van der Waals surface area contributed by atoms with Crippen molar-refractivity contribution in [2.24, 2.45) is 0 Å². The Morgan fingerprint density at radius 2 is 0.967 bits per heavy atom. The average molecular weight is 427 g/mol. The monoisotopic (exact) mass is 427 g/mol. The predicted octanol–water partition coefficient (Wildman–Crippen LogP) is 7.34. The lowest BCUT2D eigenvalue weighted by Crippen LogP contribution is -2.10. The molecule has 2 aromatic carbocycles. The van der Waals surface area contributed by atoms with Crippen molar-refractivity contribution in [1.29, 1.82) is 0 Å². The summed E-state index contributed by atoms with van der Waals surface area (Å²) in [4.78, 5) is 0. The van der Waals surface area contributed by atoms with Gasteiger partial charge in [0.2, 0.25) is 0 Å². The van der Waals surface area contributed by atoms with Crippen LogP contribution >= 0.6 is 0 Å². The zero-order valence-corrected chi connectivity index (χ0v) is 16.2. The van der Waals surface area contributed by atoms with Crippen LogP contribution in [0.15, 0.2) is 71.2 Å². The summed E-state index contributed by atoms with van der Waals surface area (Å²) in [7, 11) is 0. The van der Waals surface area contributed by atoms with Crippen LogP contribution < -0.4 is 9.47 Å². The Morgan fingerprint density at radius 1 is 0.567 bits per heavy atom. The molecule has 3 rings (SSSR count). The van der Waals surface area contributed by atoms with E-state index in [-0.39, 0.29) is 11.5 Å². The molecular formula is C22H17F6O2. The molecule has 0 atom stereocenters. The first-order chi connectivity index (χ1) is 13.9. The third-order valence-corrected chi connectivity index (χ3v) is 4.73. The van der Waals surface area contributed by atoms with Crippen molar-refractivity contribution < 1.29 is 35.8 Å². The fourth-order valence-electron chi connectivity index (χ4n) is 3.11. The Balaban J connectivity index is 1.97. The first-order valence-electron chi connectivity index (χ1n) is 8.86. The lowest BCUT2D eigenvalue weighted by molar-refractivity contribution is -0.139. The summed E-state index contributed by atoms with van der Waals surface area (Å²) in [5.41, 5.74) is -1.12.